The molecule has 0 amide bonds. The number of aryl methyl sites for hydroxylation is 1. The van der Waals surface area contributed by atoms with E-state index in [1.54, 1.807) is 0 Å². The zero-order valence-corrected chi connectivity index (χ0v) is 12.9. The molecule has 1 nitrogen and oxygen atoms in total. The van der Waals surface area contributed by atoms with E-state index in [0.717, 1.165) is 6.42 Å². The molecule has 2 aromatic rings. The van der Waals surface area contributed by atoms with Crippen molar-refractivity contribution in [3.05, 3.63) is 102 Å². The Morgan fingerprint density at radius 2 is 1.77 bits per heavy atom. The molecule has 0 saturated carbocycles. The molecular formula is C21H21N. The van der Waals surface area contributed by atoms with Gasteiger partial charge >= 0.3 is 0 Å². The summed E-state index contributed by atoms with van der Waals surface area (Å²) in [7, 11) is 0. The number of hydrogen-bond acceptors (Lipinski definition) is 1. The molecule has 3 rings (SSSR count). The van der Waals surface area contributed by atoms with E-state index in [0.29, 0.717) is 0 Å². The first-order chi connectivity index (χ1) is 10.8. The number of hydrogen-bond donors (Lipinski definition) is 0. The highest BCUT2D eigenvalue weighted by Gasteiger charge is 2.17. The summed E-state index contributed by atoms with van der Waals surface area (Å²) < 4.78 is 0. The van der Waals surface area contributed by atoms with Gasteiger partial charge in [0.1, 0.15) is 0 Å². The molecule has 0 radical (unpaired) electrons. The number of benzene rings is 2. The summed E-state index contributed by atoms with van der Waals surface area (Å²) in [6.07, 6.45) is 9.52. The highest BCUT2D eigenvalue weighted by Crippen LogP contribution is 2.32. The molecule has 22 heavy (non-hydrogen) atoms. The van der Waals surface area contributed by atoms with Crippen LogP contribution in [0.5, 0.6) is 0 Å². The van der Waals surface area contributed by atoms with Gasteiger partial charge in [-0.15, -0.1) is 0 Å². The van der Waals surface area contributed by atoms with E-state index >= 15 is 0 Å². The van der Waals surface area contributed by atoms with E-state index in [4.69, 9.17) is 0 Å². The Morgan fingerprint density at radius 1 is 1.05 bits per heavy atom. The van der Waals surface area contributed by atoms with Crippen molar-refractivity contribution in [1.82, 2.24) is 4.90 Å². The van der Waals surface area contributed by atoms with Gasteiger partial charge < -0.3 is 4.90 Å². The first-order valence-electron chi connectivity index (χ1n) is 7.76. The molecule has 1 heterocycles. The largest absolute Gasteiger partial charge is 0.344 e. The third-order valence-corrected chi connectivity index (χ3v) is 4.13. The van der Waals surface area contributed by atoms with Gasteiger partial charge in [0, 0.05) is 6.20 Å². The van der Waals surface area contributed by atoms with Crippen LogP contribution >= 0.6 is 0 Å². The third kappa shape index (κ3) is 2.89. The van der Waals surface area contributed by atoms with E-state index in [-0.39, 0.29) is 6.04 Å². The van der Waals surface area contributed by atoms with Gasteiger partial charge in [-0.3, -0.25) is 0 Å². The van der Waals surface area contributed by atoms with Gasteiger partial charge in [0.05, 0.1) is 6.04 Å². The van der Waals surface area contributed by atoms with Crippen LogP contribution in [0.4, 0.5) is 0 Å². The second-order valence-electron chi connectivity index (χ2n) is 5.47. The Hall–Kier alpha value is -2.54. The van der Waals surface area contributed by atoms with Gasteiger partial charge in [-0.2, -0.15) is 0 Å². The Labute approximate surface area is 132 Å². The molecule has 0 spiro atoms. The fraction of sp³-hybridized carbons (Fsp3) is 0.143. The van der Waals surface area contributed by atoms with Gasteiger partial charge in [-0.25, -0.2) is 0 Å². The molecule has 0 fully saturated rings. The van der Waals surface area contributed by atoms with Crippen LogP contribution in [0.2, 0.25) is 0 Å². The minimum Gasteiger partial charge on any atom is -0.344 e. The predicted octanol–water partition coefficient (Wildman–Crippen LogP) is 5.35. The Balaban J connectivity index is 1.96. The average molecular weight is 287 g/mol. The van der Waals surface area contributed by atoms with E-state index in [9.17, 15) is 0 Å². The van der Waals surface area contributed by atoms with Crippen LogP contribution in [0.15, 0.2) is 85.7 Å². The molecule has 0 saturated heterocycles. The topological polar surface area (TPSA) is 3.24 Å². The lowest BCUT2D eigenvalue weighted by atomic mass is 9.95. The SMILES string of the molecule is C=CN1C=CC(c2ccc(CC)cc2)=CC1c1ccccc1. The maximum absolute atomic E-state index is 3.93. The molecular weight excluding hydrogens is 266 g/mol. The molecule has 1 unspecified atom stereocenters. The normalized spacial score (nSPS) is 17.2. The molecule has 0 bridgehead atoms. The second-order valence-corrected chi connectivity index (χ2v) is 5.47. The summed E-state index contributed by atoms with van der Waals surface area (Å²) >= 11 is 0. The van der Waals surface area contributed by atoms with Crippen molar-refractivity contribution >= 4 is 5.57 Å². The van der Waals surface area contributed by atoms with Gasteiger partial charge in [0.15, 0.2) is 0 Å². The zero-order valence-electron chi connectivity index (χ0n) is 12.9. The minimum atomic E-state index is 0.199. The third-order valence-electron chi connectivity index (χ3n) is 4.13. The molecule has 0 aromatic heterocycles. The Kier molecular flexibility index (Phi) is 4.24. The van der Waals surface area contributed by atoms with Crippen molar-refractivity contribution in [3.8, 4) is 0 Å². The molecule has 0 N–H and O–H groups in total. The lowest BCUT2D eigenvalue weighted by molar-refractivity contribution is 0.436. The summed E-state index contributed by atoms with van der Waals surface area (Å²) in [6, 6.07) is 19.6. The van der Waals surface area contributed by atoms with Crippen LogP contribution in [0, 0.1) is 0 Å². The van der Waals surface area contributed by atoms with Gasteiger partial charge in [-0.05, 0) is 47.0 Å². The second kappa shape index (κ2) is 6.48. The van der Waals surface area contributed by atoms with E-state index in [1.165, 1.54) is 22.3 Å². The average Bonchev–Trinajstić information content (AvgIpc) is 2.62. The van der Waals surface area contributed by atoms with Crippen LogP contribution in [0.1, 0.15) is 29.7 Å². The highest BCUT2D eigenvalue weighted by molar-refractivity contribution is 5.75. The lowest BCUT2D eigenvalue weighted by Crippen LogP contribution is -2.18. The van der Waals surface area contributed by atoms with Crippen molar-refractivity contribution in [3.63, 3.8) is 0 Å². The predicted molar refractivity (Wildman–Crippen MR) is 94.2 cm³/mol. The smallest absolute Gasteiger partial charge is 0.0772 e. The standard InChI is InChI=1S/C21H21N/c1-3-17-10-12-18(13-11-17)20-14-15-22(4-2)21(16-20)19-8-6-5-7-9-19/h4-16,21H,2-3H2,1H3. The van der Waals surface area contributed by atoms with Crippen molar-refractivity contribution < 1.29 is 0 Å². The van der Waals surface area contributed by atoms with Crippen LogP contribution in [0.25, 0.3) is 5.57 Å². The van der Waals surface area contributed by atoms with E-state index < -0.39 is 0 Å². The number of allylic oxidation sites excluding steroid dienone is 2. The van der Waals surface area contributed by atoms with Gasteiger partial charge in [0.25, 0.3) is 0 Å². The molecule has 110 valence electrons. The van der Waals surface area contributed by atoms with Crippen molar-refractivity contribution in [2.45, 2.75) is 19.4 Å². The fourth-order valence-electron chi connectivity index (χ4n) is 2.79. The van der Waals surface area contributed by atoms with Crippen LogP contribution in [-0.2, 0) is 6.42 Å². The molecule has 1 aliphatic heterocycles. The first-order valence-corrected chi connectivity index (χ1v) is 7.76. The summed E-state index contributed by atoms with van der Waals surface area (Å²) in [5, 5.41) is 0. The maximum atomic E-state index is 3.93. The molecule has 1 aliphatic rings. The monoisotopic (exact) mass is 287 g/mol. The minimum absolute atomic E-state index is 0.199. The summed E-state index contributed by atoms with van der Waals surface area (Å²) in [5.41, 5.74) is 5.17. The summed E-state index contributed by atoms with van der Waals surface area (Å²) in [4.78, 5) is 2.14. The first kappa shape index (κ1) is 14.4. The summed E-state index contributed by atoms with van der Waals surface area (Å²) in [6.45, 7) is 6.11. The quantitative estimate of drug-likeness (QED) is 0.733. The van der Waals surface area contributed by atoms with Crippen molar-refractivity contribution in [2.24, 2.45) is 0 Å². The Morgan fingerprint density at radius 3 is 2.41 bits per heavy atom. The van der Waals surface area contributed by atoms with Crippen molar-refractivity contribution in [2.75, 3.05) is 0 Å². The van der Waals surface area contributed by atoms with E-state index in [1.807, 2.05) is 6.20 Å². The van der Waals surface area contributed by atoms with E-state index in [2.05, 4.69) is 91.4 Å². The lowest BCUT2D eigenvalue weighted by Gasteiger charge is -2.29. The van der Waals surface area contributed by atoms with Gasteiger partial charge in [0.2, 0.25) is 0 Å². The maximum Gasteiger partial charge on any atom is 0.0772 e. The highest BCUT2D eigenvalue weighted by atomic mass is 15.1. The van der Waals surface area contributed by atoms with Crippen molar-refractivity contribution in [1.29, 1.82) is 0 Å². The molecule has 0 aliphatic carbocycles. The fourth-order valence-corrected chi connectivity index (χ4v) is 2.79. The van der Waals surface area contributed by atoms with Gasteiger partial charge in [-0.1, -0.05) is 68.1 Å². The molecule has 1 atom stereocenters. The number of nitrogens with zero attached hydrogens (tertiary/aromatic N) is 1. The Bertz CT molecular complexity index is 692. The summed E-state index contributed by atoms with van der Waals surface area (Å²) in [5.74, 6) is 0. The molecule has 1 heteroatoms. The number of rotatable bonds is 4. The van der Waals surface area contributed by atoms with Crippen LogP contribution in [0.3, 0.4) is 0 Å². The zero-order chi connectivity index (χ0) is 15.4. The van der Waals surface area contributed by atoms with Crippen LogP contribution < -0.4 is 0 Å². The molecule has 2 aromatic carbocycles. The van der Waals surface area contributed by atoms with Crippen LogP contribution in [-0.4, -0.2) is 4.90 Å².